The van der Waals surface area contributed by atoms with Gasteiger partial charge in [0.15, 0.2) is 0 Å². The van der Waals surface area contributed by atoms with Crippen molar-refractivity contribution >= 4 is 23.2 Å². The fourth-order valence-corrected chi connectivity index (χ4v) is 3.07. The van der Waals surface area contributed by atoms with Crippen LogP contribution in [0.4, 0.5) is 0 Å². The van der Waals surface area contributed by atoms with Crippen molar-refractivity contribution in [1.29, 1.82) is 0 Å². The van der Waals surface area contributed by atoms with Gasteiger partial charge in [0.05, 0.1) is 6.54 Å². The largest absolute Gasteiger partial charge is 0.384 e. The van der Waals surface area contributed by atoms with Gasteiger partial charge in [-0.3, -0.25) is 9.59 Å². The van der Waals surface area contributed by atoms with Gasteiger partial charge in [0.1, 0.15) is 11.5 Å². The highest BCUT2D eigenvalue weighted by Crippen LogP contribution is 2.18. The lowest BCUT2D eigenvalue weighted by Gasteiger charge is -2.21. The summed E-state index contributed by atoms with van der Waals surface area (Å²) >= 11 is 1.30. The summed E-state index contributed by atoms with van der Waals surface area (Å²) in [7, 11) is 1.62. The van der Waals surface area contributed by atoms with Gasteiger partial charge in [0.25, 0.3) is 5.91 Å². The van der Waals surface area contributed by atoms with Crippen LogP contribution in [0.5, 0.6) is 0 Å². The molecule has 0 spiro atoms. The predicted molar refractivity (Wildman–Crippen MR) is 81.1 cm³/mol. The molecule has 0 aromatic carbocycles. The normalized spacial score (nSPS) is 13.7. The predicted octanol–water partition coefficient (Wildman–Crippen LogP) is 0.786. The van der Waals surface area contributed by atoms with Gasteiger partial charge in [-0.15, -0.1) is 11.3 Å². The van der Waals surface area contributed by atoms with Crippen molar-refractivity contribution in [3.63, 3.8) is 0 Å². The Hall–Kier alpha value is -1.84. The summed E-state index contributed by atoms with van der Waals surface area (Å²) in [4.78, 5) is 28.2. The van der Waals surface area contributed by atoms with Crippen LogP contribution in [-0.2, 0) is 4.79 Å². The van der Waals surface area contributed by atoms with E-state index in [1.807, 2.05) is 0 Å². The minimum absolute atomic E-state index is 0.0112. The number of amides is 2. The molecule has 1 aromatic rings. The van der Waals surface area contributed by atoms with E-state index in [0.29, 0.717) is 10.4 Å². The average molecular weight is 306 g/mol. The third-order valence-electron chi connectivity index (χ3n) is 3.34. The fraction of sp³-hybridized carbons (Fsp3) is 0.467. The lowest BCUT2D eigenvalue weighted by molar-refractivity contribution is -0.130. The highest BCUT2D eigenvalue weighted by molar-refractivity contribution is 7.12. The van der Waals surface area contributed by atoms with Crippen LogP contribution in [0.3, 0.4) is 0 Å². The number of likely N-dealkylation sites (tertiary alicyclic amines) is 1. The van der Waals surface area contributed by atoms with E-state index in [9.17, 15) is 9.59 Å². The smallest absolute Gasteiger partial charge is 0.265 e. The Kier molecular flexibility index (Phi) is 5.37. The Balaban J connectivity index is 2.02. The van der Waals surface area contributed by atoms with Gasteiger partial charge in [-0.2, -0.15) is 0 Å². The number of hydrogen-bond donors (Lipinski definition) is 1. The van der Waals surface area contributed by atoms with E-state index in [2.05, 4.69) is 11.8 Å². The third kappa shape index (κ3) is 3.84. The minimum Gasteiger partial charge on any atom is -0.384 e. The molecule has 2 amide bonds. The van der Waals surface area contributed by atoms with Crippen LogP contribution in [-0.4, -0.2) is 60.0 Å². The maximum Gasteiger partial charge on any atom is 0.265 e. The molecule has 1 saturated heterocycles. The number of rotatable bonds is 3. The summed E-state index contributed by atoms with van der Waals surface area (Å²) in [6.45, 7) is 1.41. The van der Waals surface area contributed by atoms with Gasteiger partial charge in [0.2, 0.25) is 5.91 Å². The average Bonchev–Trinajstić information content (AvgIpc) is 3.15. The fourth-order valence-electron chi connectivity index (χ4n) is 2.22. The first-order valence-corrected chi connectivity index (χ1v) is 7.72. The maximum absolute atomic E-state index is 12.4. The number of hydrogen-bond acceptors (Lipinski definition) is 4. The topological polar surface area (TPSA) is 60.9 Å². The molecule has 112 valence electrons. The van der Waals surface area contributed by atoms with Crippen LogP contribution in [0.1, 0.15) is 28.1 Å². The zero-order chi connectivity index (χ0) is 15.2. The molecule has 2 heterocycles. The Morgan fingerprint density at radius 2 is 2.14 bits per heavy atom. The first-order chi connectivity index (χ1) is 10.1. The van der Waals surface area contributed by atoms with Crippen LogP contribution in [0.15, 0.2) is 11.4 Å². The number of likely N-dealkylation sites (N-methyl/N-ethyl adjacent to an activating group) is 1. The number of carbonyl (C=O) groups is 2. The summed E-state index contributed by atoms with van der Waals surface area (Å²) in [6, 6.07) is 1.75. The van der Waals surface area contributed by atoms with Crippen molar-refractivity contribution in [3.8, 4) is 11.8 Å². The molecule has 21 heavy (non-hydrogen) atoms. The molecule has 6 heteroatoms. The van der Waals surface area contributed by atoms with Crippen LogP contribution in [0.2, 0.25) is 0 Å². The van der Waals surface area contributed by atoms with Gasteiger partial charge in [-0.1, -0.05) is 11.8 Å². The molecule has 2 rings (SSSR count). The molecule has 0 bridgehead atoms. The second-order valence-electron chi connectivity index (χ2n) is 4.87. The number of aliphatic hydroxyl groups excluding tert-OH is 1. The van der Waals surface area contributed by atoms with E-state index in [4.69, 9.17) is 5.11 Å². The van der Waals surface area contributed by atoms with E-state index in [-0.39, 0.29) is 25.0 Å². The van der Waals surface area contributed by atoms with E-state index >= 15 is 0 Å². The van der Waals surface area contributed by atoms with Crippen LogP contribution in [0, 0.1) is 11.8 Å². The van der Waals surface area contributed by atoms with E-state index < -0.39 is 0 Å². The Morgan fingerprint density at radius 1 is 1.43 bits per heavy atom. The molecule has 0 aliphatic carbocycles. The summed E-state index contributed by atoms with van der Waals surface area (Å²) in [5, 5.41) is 10.5. The van der Waals surface area contributed by atoms with Crippen LogP contribution >= 0.6 is 11.3 Å². The van der Waals surface area contributed by atoms with E-state index in [1.54, 1.807) is 23.4 Å². The first kappa shape index (κ1) is 15.5. The molecule has 1 aliphatic heterocycles. The number of thiophene rings is 1. The number of carbonyl (C=O) groups excluding carboxylic acids is 2. The summed E-state index contributed by atoms with van der Waals surface area (Å²) < 4.78 is 0. The van der Waals surface area contributed by atoms with Crippen molar-refractivity contribution in [3.05, 3.63) is 21.9 Å². The first-order valence-electron chi connectivity index (χ1n) is 6.84. The SMILES string of the molecule is CN(CC(=O)N1CCCC1)C(=O)c1sccc1C#CCO. The zero-order valence-electron chi connectivity index (χ0n) is 12.0. The zero-order valence-corrected chi connectivity index (χ0v) is 12.8. The maximum atomic E-state index is 12.4. The van der Waals surface area contributed by atoms with Gasteiger partial charge in [-0.05, 0) is 24.3 Å². The quantitative estimate of drug-likeness (QED) is 0.840. The van der Waals surface area contributed by atoms with Gasteiger partial charge in [0, 0.05) is 25.7 Å². The van der Waals surface area contributed by atoms with Crippen molar-refractivity contribution in [1.82, 2.24) is 9.80 Å². The second-order valence-corrected chi connectivity index (χ2v) is 5.79. The van der Waals surface area contributed by atoms with Gasteiger partial charge < -0.3 is 14.9 Å². The molecule has 0 unspecified atom stereocenters. The van der Waals surface area contributed by atoms with Crippen LogP contribution in [0.25, 0.3) is 0 Å². The van der Waals surface area contributed by atoms with Crippen molar-refractivity contribution < 1.29 is 14.7 Å². The molecule has 1 N–H and O–H groups in total. The minimum atomic E-state index is -0.243. The lowest BCUT2D eigenvalue weighted by atomic mass is 10.2. The Labute approximate surface area is 128 Å². The van der Waals surface area contributed by atoms with Gasteiger partial charge >= 0.3 is 0 Å². The molecule has 0 saturated carbocycles. The molecule has 0 radical (unpaired) electrons. The second kappa shape index (κ2) is 7.25. The molecule has 5 nitrogen and oxygen atoms in total. The molecular weight excluding hydrogens is 288 g/mol. The third-order valence-corrected chi connectivity index (χ3v) is 4.24. The molecule has 1 aliphatic rings. The highest BCUT2D eigenvalue weighted by atomic mass is 32.1. The van der Waals surface area contributed by atoms with E-state index in [1.165, 1.54) is 16.2 Å². The van der Waals surface area contributed by atoms with Crippen molar-refractivity contribution in [2.75, 3.05) is 33.3 Å². The summed E-state index contributed by atoms with van der Waals surface area (Å²) in [6.07, 6.45) is 2.07. The standard InChI is InChI=1S/C15H18N2O3S/c1-16(11-13(19)17-7-2-3-8-17)15(20)14-12(5-4-9-18)6-10-21-14/h6,10,18H,2-3,7-9,11H2,1H3. The Bertz CT molecular complexity index is 579. The van der Waals surface area contributed by atoms with Crippen molar-refractivity contribution in [2.24, 2.45) is 0 Å². The highest BCUT2D eigenvalue weighted by Gasteiger charge is 2.23. The summed E-state index contributed by atoms with van der Waals surface area (Å²) in [5.41, 5.74) is 0.597. The lowest BCUT2D eigenvalue weighted by Crippen LogP contribution is -2.39. The molecule has 1 aromatic heterocycles. The molecule has 0 atom stereocenters. The number of nitrogens with zero attached hydrogens (tertiary/aromatic N) is 2. The van der Waals surface area contributed by atoms with Crippen molar-refractivity contribution in [2.45, 2.75) is 12.8 Å². The van der Waals surface area contributed by atoms with E-state index in [0.717, 1.165) is 25.9 Å². The molecular formula is C15H18N2O3S. The van der Waals surface area contributed by atoms with Gasteiger partial charge in [-0.25, -0.2) is 0 Å². The monoisotopic (exact) mass is 306 g/mol. The van der Waals surface area contributed by atoms with Crippen LogP contribution < -0.4 is 0 Å². The Morgan fingerprint density at radius 3 is 2.81 bits per heavy atom. The summed E-state index contributed by atoms with van der Waals surface area (Å²) in [5.74, 6) is 5.07. The number of aliphatic hydroxyl groups is 1. The molecule has 1 fully saturated rings.